The third-order valence-electron chi connectivity index (χ3n) is 2.91. The second-order valence-corrected chi connectivity index (χ2v) is 6.73. The highest BCUT2D eigenvalue weighted by Crippen LogP contribution is 2.24. The van der Waals surface area contributed by atoms with Gasteiger partial charge in [0, 0.05) is 5.02 Å². The Hall–Kier alpha value is -2.37. The van der Waals surface area contributed by atoms with Gasteiger partial charge in [0.25, 0.3) is 12.3 Å². The fourth-order valence-electron chi connectivity index (χ4n) is 1.71. The van der Waals surface area contributed by atoms with E-state index in [2.05, 4.69) is 26.1 Å². The number of nitrogens with one attached hydrogen (secondary N) is 3. The van der Waals surface area contributed by atoms with Crippen LogP contribution in [0.3, 0.4) is 0 Å². The molecule has 0 fully saturated rings. The number of rotatable bonds is 7. The summed E-state index contributed by atoms with van der Waals surface area (Å²) in [7, 11) is 0. The highest BCUT2D eigenvalue weighted by atomic mass is 35.5. The molecule has 0 atom stereocenters. The molecule has 3 amide bonds. The van der Waals surface area contributed by atoms with Crippen LogP contribution in [0, 0.1) is 0 Å². The normalized spacial score (nSPS) is 10.6. The van der Waals surface area contributed by atoms with Gasteiger partial charge in [0.05, 0.1) is 23.7 Å². The van der Waals surface area contributed by atoms with Crippen LogP contribution in [0.2, 0.25) is 10.0 Å². The average molecular weight is 438 g/mol. The molecule has 0 aliphatic heterocycles. The number of carbonyl (C=O) groups is 3. The molecule has 0 saturated heterocycles. The largest absolute Gasteiger partial charge is 0.345 e. The summed E-state index contributed by atoms with van der Waals surface area (Å²) in [6, 6.07) is 4.26. The number of nitrogens with zero attached hydrogens (tertiary/aromatic N) is 2. The van der Waals surface area contributed by atoms with Crippen LogP contribution in [0.25, 0.3) is 0 Å². The molecule has 13 heteroatoms. The van der Waals surface area contributed by atoms with Crippen molar-refractivity contribution in [1.82, 2.24) is 20.8 Å². The first-order valence-corrected chi connectivity index (χ1v) is 8.75. The summed E-state index contributed by atoms with van der Waals surface area (Å²) in [6.45, 7) is -0.848. The first kappa shape index (κ1) is 20.9. The molecule has 1 heterocycles. The van der Waals surface area contributed by atoms with E-state index in [0.29, 0.717) is 16.4 Å². The Balaban J connectivity index is 1.75. The number of halogens is 4. The number of hydrogen-bond acceptors (Lipinski definition) is 6. The number of hydrogen-bond donors (Lipinski definition) is 3. The monoisotopic (exact) mass is 437 g/mol. The number of anilines is 1. The van der Waals surface area contributed by atoms with Crippen molar-refractivity contribution >= 4 is 57.4 Å². The van der Waals surface area contributed by atoms with Gasteiger partial charge >= 0.3 is 0 Å². The molecule has 0 saturated carbocycles. The Labute approximate surface area is 165 Å². The van der Waals surface area contributed by atoms with Gasteiger partial charge in [-0.05, 0) is 18.2 Å². The van der Waals surface area contributed by atoms with Gasteiger partial charge in [0.15, 0.2) is 5.01 Å². The molecule has 0 aliphatic carbocycles. The van der Waals surface area contributed by atoms with Crippen molar-refractivity contribution in [3.8, 4) is 0 Å². The van der Waals surface area contributed by atoms with Crippen LogP contribution in [-0.2, 0) is 9.59 Å². The minimum absolute atomic E-state index is 0.116. The van der Waals surface area contributed by atoms with Gasteiger partial charge in [-0.2, -0.15) is 0 Å². The zero-order valence-corrected chi connectivity index (χ0v) is 15.6. The van der Waals surface area contributed by atoms with E-state index in [4.69, 9.17) is 23.2 Å². The lowest BCUT2D eigenvalue weighted by molar-refractivity contribution is -0.123. The van der Waals surface area contributed by atoms with E-state index in [9.17, 15) is 23.2 Å². The number of carbonyl (C=O) groups excluding carboxylic acids is 3. The zero-order chi connectivity index (χ0) is 20.0. The standard InChI is InChI=1S/C14H11Cl2F2N5O3S/c15-6-1-2-7(8(16)3-6)12(26)20-4-9(24)19-5-10(25)21-14-23-22-13(27-14)11(17)18/h1-3,11H,4-5H2,(H,19,24)(H,20,26)(H,21,23,25). The van der Waals surface area contributed by atoms with Gasteiger partial charge < -0.3 is 10.6 Å². The average Bonchev–Trinajstić information content (AvgIpc) is 3.06. The maximum absolute atomic E-state index is 12.4. The second kappa shape index (κ2) is 9.53. The summed E-state index contributed by atoms with van der Waals surface area (Å²) >= 11 is 12.1. The first-order chi connectivity index (χ1) is 12.8. The number of alkyl halides is 2. The molecule has 1 aromatic carbocycles. The number of benzene rings is 1. The summed E-state index contributed by atoms with van der Waals surface area (Å²) in [4.78, 5) is 35.3. The fraction of sp³-hybridized carbons (Fsp3) is 0.214. The van der Waals surface area contributed by atoms with Crippen LogP contribution < -0.4 is 16.0 Å². The van der Waals surface area contributed by atoms with Crippen molar-refractivity contribution in [2.75, 3.05) is 18.4 Å². The lowest BCUT2D eigenvalue weighted by atomic mass is 10.2. The van der Waals surface area contributed by atoms with E-state index in [1.165, 1.54) is 18.2 Å². The van der Waals surface area contributed by atoms with E-state index >= 15 is 0 Å². The predicted octanol–water partition coefficient (Wildman–Crippen LogP) is 2.27. The van der Waals surface area contributed by atoms with Crippen molar-refractivity contribution in [3.63, 3.8) is 0 Å². The highest BCUT2D eigenvalue weighted by Gasteiger charge is 2.16. The smallest absolute Gasteiger partial charge is 0.291 e. The maximum Gasteiger partial charge on any atom is 0.291 e. The van der Waals surface area contributed by atoms with Gasteiger partial charge in [0.2, 0.25) is 16.9 Å². The predicted molar refractivity (Wildman–Crippen MR) is 95.3 cm³/mol. The quantitative estimate of drug-likeness (QED) is 0.614. The topological polar surface area (TPSA) is 113 Å². The molecule has 3 N–H and O–H groups in total. The molecular formula is C14H11Cl2F2N5O3S. The summed E-state index contributed by atoms with van der Waals surface area (Å²) < 4.78 is 24.8. The third-order valence-corrected chi connectivity index (χ3v) is 4.30. The molecule has 0 bridgehead atoms. The molecule has 8 nitrogen and oxygen atoms in total. The molecular weight excluding hydrogens is 427 g/mol. The van der Waals surface area contributed by atoms with Crippen LogP contribution in [0.1, 0.15) is 21.8 Å². The first-order valence-electron chi connectivity index (χ1n) is 7.17. The Bertz CT molecular complexity index is 865. The number of aromatic nitrogens is 2. The Kier molecular flexibility index (Phi) is 7.39. The Morgan fingerprint density at radius 3 is 2.41 bits per heavy atom. The number of amides is 3. The highest BCUT2D eigenvalue weighted by molar-refractivity contribution is 7.15. The lowest BCUT2D eigenvalue weighted by Gasteiger charge is -2.08. The van der Waals surface area contributed by atoms with Crippen LogP contribution in [0.5, 0.6) is 0 Å². The summed E-state index contributed by atoms with van der Waals surface area (Å²) in [5, 5.41) is 13.2. The minimum atomic E-state index is -2.79. The van der Waals surface area contributed by atoms with E-state index in [0.717, 1.165) is 0 Å². The van der Waals surface area contributed by atoms with E-state index in [1.54, 1.807) is 0 Å². The van der Waals surface area contributed by atoms with Gasteiger partial charge in [-0.15, -0.1) is 10.2 Å². The van der Waals surface area contributed by atoms with E-state index in [-0.39, 0.29) is 15.7 Å². The molecule has 2 rings (SSSR count). The SMILES string of the molecule is O=C(CNC(=O)c1ccc(Cl)cc1Cl)NCC(=O)Nc1nnc(C(F)F)s1. The molecule has 0 radical (unpaired) electrons. The molecule has 2 aromatic rings. The molecule has 144 valence electrons. The van der Waals surface area contributed by atoms with Crippen LogP contribution in [0.15, 0.2) is 18.2 Å². The van der Waals surface area contributed by atoms with Crippen molar-refractivity contribution in [2.24, 2.45) is 0 Å². The zero-order valence-electron chi connectivity index (χ0n) is 13.3. The lowest BCUT2D eigenvalue weighted by Crippen LogP contribution is -2.40. The minimum Gasteiger partial charge on any atom is -0.345 e. The second-order valence-electron chi connectivity index (χ2n) is 4.88. The summed E-state index contributed by atoms with van der Waals surface area (Å²) in [6.07, 6.45) is -2.79. The van der Waals surface area contributed by atoms with Crippen molar-refractivity contribution in [2.45, 2.75) is 6.43 Å². The van der Waals surface area contributed by atoms with Crippen molar-refractivity contribution in [3.05, 3.63) is 38.8 Å². The molecule has 0 spiro atoms. The maximum atomic E-state index is 12.4. The molecule has 1 aromatic heterocycles. The van der Waals surface area contributed by atoms with E-state index < -0.39 is 42.2 Å². The molecule has 27 heavy (non-hydrogen) atoms. The van der Waals surface area contributed by atoms with Crippen LogP contribution in [0.4, 0.5) is 13.9 Å². The molecule has 0 unspecified atom stereocenters. The third kappa shape index (κ3) is 6.38. The van der Waals surface area contributed by atoms with Gasteiger partial charge in [-0.3, -0.25) is 19.7 Å². The van der Waals surface area contributed by atoms with Gasteiger partial charge in [-0.1, -0.05) is 34.5 Å². The van der Waals surface area contributed by atoms with E-state index in [1.807, 2.05) is 0 Å². The van der Waals surface area contributed by atoms with Crippen LogP contribution in [-0.4, -0.2) is 41.0 Å². The van der Waals surface area contributed by atoms with Gasteiger partial charge in [-0.25, -0.2) is 8.78 Å². The Morgan fingerprint density at radius 1 is 1.07 bits per heavy atom. The van der Waals surface area contributed by atoms with Gasteiger partial charge in [0.1, 0.15) is 0 Å². The van der Waals surface area contributed by atoms with Crippen LogP contribution >= 0.6 is 34.5 Å². The van der Waals surface area contributed by atoms with Crippen molar-refractivity contribution < 1.29 is 23.2 Å². The summed E-state index contributed by atoms with van der Waals surface area (Å²) in [5.41, 5.74) is 0.137. The van der Waals surface area contributed by atoms with Crippen molar-refractivity contribution in [1.29, 1.82) is 0 Å². The molecule has 0 aliphatic rings. The summed E-state index contributed by atoms with van der Waals surface area (Å²) in [5.74, 6) is -1.92. The Morgan fingerprint density at radius 2 is 1.78 bits per heavy atom. The fourth-order valence-corrected chi connectivity index (χ4v) is 2.82.